The molecular formula is C30H32ClN3O4S. The second-order valence-electron chi connectivity index (χ2n) is 8.89. The zero-order chi connectivity index (χ0) is 28.1. The van der Waals surface area contributed by atoms with E-state index in [-0.39, 0.29) is 30.4 Å². The number of rotatable bonds is 9. The monoisotopic (exact) mass is 565 g/mol. The first-order valence-corrected chi connectivity index (χ1v) is 14.2. The van der Waals surface area contributed by atoms with Crippen LogP contribution >= 0.6 is 23.4 Å². The molecule has 7 nitrogen and oxygen atoms in total. The Morgan fingerprint density at radius 3 is 2.46 bits per heavy atom. The summed E-state index contributed by atoms with van der Waals surface area (Å²) in [5.74, 6) is -0.779. The van der Waals surface area contributed by atoms with Gasteiger partial charge in [0.15, 0.2) is 0 Å². The molecule has 1 aromatic heterocycles. The van der Waals surface area contributed by atoms with Crippen LogP contribution < -0.4 is 0 Å². The average Bonchev–Trinajstić information content (AvgIpc) is 3.42. The maximum atomic E-state index is 13.0. The van der Waals surface area contributed by atoms with Crippen LogP contribution in [0.3, 0.4) is 0 Å². The van der Waals surface area contributed by atoms with Gasteiger partial charge >= 0.3 is 5.97 Å². The SMILES string of the molecule is CCOC(=O)C1=C(O)/C(=C/c2cn(CC(=O)N(CC)CC)c3c(CC)cccc23)SC1=Nc1ccc(Cl)cc1. The highest BCUT2D eigenvalue weighted by Crippen LogP contribution is 2.41. The third-order valence-corrected chi connectivity index (χ3v) is 7.80. The van der Waals surface area contributed by atoms with Gasteiger partial charge in [-0.2, -0.15) is 0 Å². The fourth-order valence-corrected chi connectivity index (χ4v) is 5.73. The van der Waals surface area contributed by atoms with E-state index in [0.29, 0.717) is 33.7 Å². The first kappa shape index (κ1) is 28.5. The second-order valence-corrected chi connectivity index (χ2v) is 10.4. The van der Waals surface area contributed by atoms with Gasteiger partial charge in [-0.3, -0.25) is 4.79 Å². The Morgan fingerprint density at radius 1 is 1.10 bits per heavy atom. The summed E-state index contributed by atoms with van der Waals surface area (Å²) < 4.78 is 7.21. The average molecular weight is 566 g/mol. The van der Waals surface area contributed by atoms with Crippen LogP contribution in [-0.4, -0.2) is 51.2 Å². The molecule has 1 aliphatic rings. The summed E-state index contributed by atoms with van der Waals surface area (Å²) in [5.41, 5.74) is 3.56. The number of aliphatic hydroxyl groups excluding tert-OH is 1. The summed E-state index contributed by atoms with van der Waals surface area (Å²) >= 11 is 7.21. The Kier molecular flexibility index (Phi) is 9.20. The number of hydrogen-bond donors (Lipinski definition) is 1. The maximum absolute atomic E-state index is 13.0. The third kappa shape index (κ3) is 6.07. The number of aliphatic imine (C=N–C) groups is 1. The van der Waals surface area contributed by atoms with Crippen LogP contribution in [0.25, 0.3) is 17.0 Å². The van der Waals surface area contributed by atoms with Crippen LogP contribution in [0.2, 0.25) is 5.02 Å². The largest absolute Gasteiger partial charge is 0.506 e. The molecule has 0 aliphatic carbocycles. The molecule has 3 aromatic rings. The number of likely N-dealkylation sites (N-methyl/N-ethyl adjacent to an activating group) is 1. The standard InChI is InChI=1S/C30H32ClN3O4S/c1-5-19-10-9-11-23-20(17-34(27(19)23)18-25(35)33(6-2)7-3)16-24-28(36)26(30(37)38-8-4)29(39-24)32-22-14-12-21(31)13-15-22/h9-17,36H,5-8,18H2,1-4H3/b24-16-,32-29?. The number of para-hydroxylation sites is 1. The van der Waals surface area contributed by atoms with Crippen molar-refractivity contribution in [1.29, 1.82) is 0 Å². The van der Waals surface area contributed by atoms with Gasteiger partial charge in [-0.05, 0) is 63.1 Å². The zero-order valence-electron chi connectivity index (χ0n) is 22.5. The van der Waals surface area contributed by atoms with Crippen molar-refractivity contribution in [1.82, 2.24) is 9.47 Å². The number of aromatic nitrogens is 1. The number of ether oxygens (including phenoxy) is 1. The summed E-state index contributed by atoms with van der Waals surface area (Å²) in [6.07, 6.45) is 4.58. The van der Waals surface area contributed by atoms with Crippen molar-refractivity contribution in [3.05, 3.63) is 81.0 Å². The number of thioether (sulfide) groups is 1. The lowest BCUT2D eigenvalue weighted by Gasteiger charge is -2.19. The lowest BCUT2D eigenvalue weighted by molar-refractivity contribution is -0.138. The van der Waals surface area contributed by atoms with Gasteiger partial charge in [0, 0.05) is 35.3 Å². The molecule has 0 saturated heterocycles. The molecular weight excluding hydrogens is 534 g/mol. The molecule has 39 heavy (non-hydrogen) atoms. The molecule has 204 valence electrons. The number of nitrogens with zero attached hydrogens (tertiary/aromatic N) is 3. The molecule has 0 radical (unpaired) electrons. The van der Waals surface area contributed by atoms with Crippen LogP contribution in [0.15, 0.2) is 69.9 Å². The number of fused-ring (bicyclic) bond motifs is 1. The molecule has 9 heteroatoms. The highest BCUT2D eigenvalue weighted by molar-refractivity contribution is 8.18. The number of aliphatic hydroxyl groups is 1. The van der Waals surface area contributed by atoms with Crippen molar-refractivity contribution in [3.8, 4) is 0 Å². The fourth-order valence-electron chi connectivity index (χ4n) is 4.58. The minimum Gasteiger partial charge on any atom is -0.506 e. The van der Waals surface area contributed by atoms with Gasteiger partial charge < -0.3 is 19.3 Å². The van der Waals surface area contributed by atoms with Crippen LogP contribution in [0, 0.1) is 0 Å². The molecule has 0 saturated carbocycles. The minimum atomic E-state index is -0.640. The highest BCUT2D eigenvalue weighted by atomic mass is 35.5. The van der Waals surface area contributed by atoms with Gasteiger partial charge in [0.1, 0.15) is 22.9 Å². The van der Waals surface area contributed by atoms with Gasteiger partial charge in [0.05, 0.1) is 22.7 Å². The van der Waals surface area contributed by atoms with E-state index in [2.05, 4.69) is 18.0 Å². The van der Waals surface area contributed by atoms with Gasteiger partial charge in [-0.15, -0.1) is 0 Å². The predicted molar refractivity (Wildman–Crippen MR) is 160 cm³/mol. The van der Waals surface area contributed by atoms with Crippen molar-refractivity contribution >= 4 is 62.9 Å². The van der Waals surface area contributed by atoms with E-state index in [1.54, 1.807) is 31.2 Å². The van der Waals surface area contributed by atoms with E-state index in [4.69, 9.17) is 16.3 Å². The summed E-state index contributed by atoms with van der Waals surface area (Å²) in [6.45, 7) is 9.42. The lowest BCUT2D eigenvalue weighted by atomic mass is 10.1. The van der Waals surface area contributed by atoms with Crippen molar-refractivity contribution < 1.29 is 19.4 Å². The molecule has 0 spiro atoms. The number of halogens is 1. The first-order valence-electron chi connectivity index (χ1n) is 13.0. The lowest BCUT2D eigenvalue weighted by Crippen LogP contribution is -2.33. The molecule has 0 fully saturated rings. The quantitative estimate of drug-likeness (QED) is 0.285. The normalized spacial score (nSPS) is 15.5. The predicted octanol–water partition coefficient (Wildman–Crippen LogP) is 6.92. The summed E-state index contributed by atoms with van der Waals surface area (Å²) in [7, 11) is 0. The van der Waals surface area contributed by atoms with E-state index in [1.165, 1.54) is 11.8 Å². The van der Waals surface area contributed by atoms with Crippen molar-refractivity contribution in [2.45, 2.75) is 40.7 Å². The van der Waals surface area contributed by atoms with E-state index >= 15 is 0 Å². The Morgan fingerprint density at radius 2 is 1.82 bits per heavy atom. The molecule has 0 unspecified atom stereocenters. The third-order valence-electron chi connectivity index (χ3n) is 6.53. The van der Waals surface area contributed by atoms with Crippen molar-refractivity contribution in [2.75, 3.05) is 19.7 Å². The molecule has 2 heterocycles. The number of benzene rings is 2. The summed E-state index contributed by atoms with van der Waals surface area (Å²) in [6, 6.07) is 13.0. The van der Waals surface area contributed by atoms with Crippen LogP contribution in [-0.2, 0) is 27.3 Å². The van der Waals surface area contributed by atoms with Gasteiger partial charge in [-0.25, -0.2) is 9.79 Å². The first-order chi connectivity index (χ1) is 18.8. The molecule has 1 amide bonds. The second kappa shape index (κ2) is 12.6. The number of esters is 1. The van der Waals surface area contributed by atoms with Crippen LogP contribution in [0.5, 0.6) is 0 Å². The Balaban J connectivity index is 1.82. The Bertz CT molecular complexity index is 1480. The van der Waals surface area contributed by atoms with E-state index in [9.17, 15) is 14.7 Å². The van der Waals surface area contributed by atoms with Crippen molar-refractivity contribution in [3.63, 3.8) is 0 Å². The molecule has 1 aliphatic heterocycles. The van der Waals surface area contributed by atoms with E-state index in [1.807, 2.05) is 47.7 Å². The molecule has 4 rings (SSSR count). The number of hydrogen-bond acceptors (Lipinski definition) is 6. The number of carbonyl (C=O) groups excluding carboxylic acids is 2. The molecule has 0 bridgehead atoms. The number of amides is 1. The minimum absolute atomic E-state index is 0.0257. The van der Waals surface area contributed by atoms with Crippen LogP contribution in [0.4, 0.5) is 5.69 Å². The smallest absolute Gasteiger partial charge is 0.344 e. The Hall–Kier alpha value is -3.49. The van der Waals surface area contributed by atoms with Crippen LogP contribution in [0.1, 0.15) is 38.8 Å². The Labute approximate surface area is 237 Å². The van der Waals surface area contributed by atoms with Gasteiger partial charge in [-0.1, -0.05) is 48.5 Å². The van der Waals surface area contributed by atoms with E-state index < -0.39 is 5.97 Å². The maximum Gasteiger partial charge on any atom is 0.344 e. The topological polar surface area (TPSA) is 84.1 Å². The highest BCUT2D eigenvalue weighted by Gasteiger charge is 2.33. The van der Waals surface area contributed by atoms with E-state index in [0.717, 1.165) is 28.5 Å². The molecule has 0 atom stereocenters. The fraction of sp³-hybridized carbons (Fsp3) is 0.300. The van der Waals surface area contributed by atoms with Gasteiger partial charge in [0.25, 0.3) is 0 Å². The summed E-state index contributed by atoms with van der Waals surface area (Å²) in [4.78, 5) is 32.7. The number of carbonyl (C=O) groups is 2. The zero-order valence-corrected chi connectivity index (χ0v) is 24.1. The molecule has 1 N–H and O–H groups in total. The van der Waals surface area contributed by atoms with Gasteiger partial charge in [0.2, 0.25) is 5.91 Å². The summed E-state index contributed by atoms with van der Waals surface area (Å²) in [5, 5.41) is 13.1. The number of aryl methyl sites for hydroxylation is 1. The van der Waals surface area contributed by atoms with Crippen molar-refractivity contribution in [2.24, 2.45) is 4.99 Å². The molecule has 2 aromatic carbocycles.